The number of nitrogens with zero attached hydrogens (tertiary/aromatic N) is 2. The lowest BCUT2D eigenvalue weighted by molar-refractivity contribution is -0.122. The Kier molecular flexibility index (Phi) is 5.55. The molecule has 1 aromatic heterocycles. The molecule has 0 aliphatic heterocycles. The van der Waals surface area contributed by atoms with E-state index in [4.69, 9.17) is 9.37 Å². The predicted octanol–water partition coefficient (Wildman–Crippen LogP) is 4.55. The van der Waals surface area contributed by atoms with Gasteiger partial charge in [-0.1, -0.05) is 31.2 Å². The fraction of sp³-hybridized carbons (Fsp3) is 0.318. The third-order valence-electron chi connectivity index (χ3n) is 5.12. The number of anilines is 1. The summed E-state index contributed by atoms with van der Waals surface area (Å²) in [6.45, 7) is 1.79. The highest BCUT2D eigenvalue weighted by atomic mass is 19.1. The zero-order chi connectivity index (χ0) is 20.2. The number of halogens is 1. The maximum absolute atomic E-state index is 13.9. The molecule has 0 saturated carbocycles. The number of hydrogen-bond donors (Lipinski definition) is 1. The summed E-state index contributed by atoms with van der Waals surface area (Å²) in [5.74, 6) is -0.703. The minimum atomic E-state index is -0.875. The minimum absolute atomic E-state index is 0.0303. The van der Waals surface area contributed by atoms with Crippen LogP contribution in [0.3, 0.4) is 0 Å². The van der Waals surface area contributed by atoms with Gasteiger partial charge in [-0.05, 0) is 71.7 Å². The Balaban J connectivity index is 1.52. The number of aryl methyl sites for hydroxylation is 2. The maximum Gasteiger partial charge on any atom is 0.266 e. The summed E-state index contributed by atoms with van der Waals surface area (Å²) in [5.41, 5.74) is 3.95. The lowest BCUT2D eigenvalue weighted by atomic mass is 9.90. The number of carbonyl (C=O) groups is 1. The highest BCUT2D eigenvalue weighted by Crippen LogP contribution is 2.30. The molecule has 6 nitrogen and oxygen atoms in total. The van der Waals surface area contributed by atoms with Gasteiger partial charge >= 0.3 is 0 Å². The summed E-state index contributed by atoms with van der Waals surface area (Å²) < 4.78 is 24.3. The first-order valence-electron chi connectivity index (χ1n) is 9.82. The molecule has 3 aromatic rings. The molecular weight excluding hydrogens is 373 g/mol. The van der Waals surface area contributed by atoms with Gasteiger partial charge in [-0.15, -0.1) is 0 Å². The third-order valence-corrected chi connectivity index (χ3v) is 5.12. The second-order valence-corrected chi connectivity index (χ2v) is 7.09. The van der Waals surface area contributed by atoms with Gasteiger partial charge in [0.2, 0.25) is 5.82 Å². The highest BCUT2D eigenvalue weighted by molar-refractivity contribution is 5.96. The van der Waals surface area contributed by atoms with E-state index in [0.717, 1.165) is 18.4 Å². The molecule has 2 aromatic carbocycles. The molecule has 1 heterocycles. The van der Waals surface area contributed by atoms with Crippen LogP contribution in [0.2, 0.25) is 0 Å². The molecule has 4 rings (SSSR count). The van der Waals surface area contributed by atoms with Crippen molar-refractivity contribution in [2.75, 3.05) is 5.32 Å². The topological polar surface area (TPSA) is 77.2 Å². The van der Waals surface area contributed by atoms with Crippen molar-refractivity contribution in [3.05, 3.63) is 59.4 Å². The molecule has 29 heavy (non-hydrogen) atoms. The Hall–Kier alpha value is -3.22. The van der Waals surface area contributed by atoms with E-state index in [1.807, 2.05) is 6.07 Å². The first kappa shape index (κ1) is 19.1. The highest BCUT2D eigenvalue weighted by Gasteiger charge is 2.24. The normalized spacial score (nSPS) is 14.1. The van der Waals surface area contributed by atoms with Gasteiger partial charge in [0.25, 0.3) is 5.91 Å². The van der Waals surface area contributed by atoms with Crippen LogP contribution in [0, 0.1) is 5.82 Å². The molecule has 0 bridgehead atoms. The van der Waals surface area contributed by atoms with Gasteiger partial charge in [0.15, 0.2) is 23.4 Å². The van der Waals surface area contributed by atoms with Crippen LogP contribution < -0.4 is 10.1 Å². The van der Waals surface area contributed by atoms with E-state index in [1.165, 1.54) is 36.1 Å². The van der Waals surface area contributed by atoms with Crippen LogP contribution >= 0.6 is 0 Å². The molecule has 0 unspecified atom stereocenters. The zero-order valence-corrected chi connectivity index (χ0v) is 16.2. The number of aromatic nitrogens is 2. The average molecular weight is 395 g/mol. The van der Waals surface area contributed by atoms with Crippen LogP contribution in [-0.2, 0) is 17.6 Å². The monoisotopic (exact) mass is 395 g/mol. The summed E-state index contributed by atoms with van der Waals surface area (Å²) in [6, 6.07) is 12.1. The molecule has 0 fully saturated rings. The summed E-state index contributed by atoms with van der Waals surface area (Å²) in [5, 5.41) is 10.5. The molecule has 1 N–H and O–H groups in total. The second kappa shape index (κ2) is 8.43. The summed E-state index contributed by atoms with van der Waals surface area (Å²) in [4.78, 5) is 12.7. The molecule has 7 heteroatoms. The summed E-state index contributed by atoms with van der Waals surface area (Å²) in [7, 11) is 0. The van der Waals surface area contributed by atoms with Crippen LogP contribution in [0.5, 0.6) is 5.75 Å². The lowest BCUT2D eigenvalue weighted by Gasteiger charge is -2.17. The number of carbonyl (C=O) groups excluding carboxylic acids is 1. The van der Waals surface area contributed by atoms with Gasteiger partial charge in [-0.2, -0.15) is 0 Å². The molecule has 0 saturated heterocycles. The van der Waals surface area contributed by atoms with Crippen LogP contribution in [0.25, 0.3) is 11.3 Å². The fourth-order valence-corrected chi connectivity index (χ4v) is 3.55. The molecule has 1 aliphatic rings. The van der Waals surface area contributed by atoms with Gasteiger partial charge in [0.05, 0.1) is 0 Å². The molecule has 0 spiro atoms. The summed E-state index contributed by atoms with van der Waals surface area (Å²) >= 11 is 0. The zero-order valence-electron chi connectivity index (χ0n) is 16.2. The predicted molar refractivity (Wildman–Crippen MR) is 106 cm³/mol. The largest absolute Gasteiger partial charge is 0.478 e. The molecule has 0 radical (unpaired) electrons. The van der Waals surface area contributed by atoms with Crippen molar-refractivity contribution in [2.24, 2.45) is 0 Å². The molecule has 150 valence electrons. The third kappa shape index (κ3) is 4.13. The Morgan fingerprint density at radius 1 is 1.17 bits per heavy atom. The van der Waals surface area contributed by atoms with Crippen LogP contribution in [-0.4, -0.2) is 22.3 Å². The van der Waals surface area contributed by atoms with Crippen molar-refractivity contribution in [1.82, 2.24) is 10.3 Å². The Labute approximate surface area is 168 Å². The molecular formula is C22H22FN3O3. The summed E-state index contributed by atoms with van der Waals surface area (Å²) in [6.07, 6.45) is 3.98. The number of fused-ring (bicyclic) bond motifs is 1. The number of para-hydroxylation sites is 1. The van der Waals surface area contributed by atoms with Crippen molar-refractivity contribution in [2.45, 2.75) is 45.1 Å². The SMILES string of the molecule is CC[C@@H](Oc1ccccc1F)C(=O)Nc1nonc1-c1ccc2c(c1)CCCC2. The van der Waals surface area contributed by atoms with E-state index in [2.05, 4.69) is 27.8 Å². The van der Waals surface area contributed by atoms with Gasteiger partial charge in [-0.3, -0.25) is 4.79 Å². The second-order valence-electron chi connectivity index (χ2n) is 7.09. The fourth-order valence-electron chi connectivity index (χ4n) is 3.55. The minimum Gasteiger partial charge on any atom is -0.478 e. The first-order valence-corrected chi connectivity index (χ1v) is 9.82. The molecule has 1 aliphatic carbocycles. The smallest absolute Gasteiger partial charge is 0.266 e. The number of amides is 1. The van der Waals surface area contributed by atoms with E-state index in [0.29, 0.717) is 12.1 Å². The van der Waals surface area contributed by atoms with Crippen molar-refractivity contribution >= 4 is 11.7 Å². The Morgan fingerprint density at radius 3 is 2.76 bits per heavy atom. The average Bonchev–Trinajstić information content (AvgIpc) is 3.20. The van der Waals surface area contributed by atoms with Gasteiger partial charge in [-0.25, -0.2) is 9.02 Å². The van der Waals surface area contributed by atoms with Crippen LogP contribution in [0.4, 0.5) is 10.2 Å². The van der Waals surface area contributed by atoms with Crippen molar-refractivity contribution in [3.63, 3.8) is 0 Å². The quantitative estimate of drug-likeness (QED) is 0.663. The van der Waals surface area contributed by atoms with E-state index < -0.39 is 17.8 Å². The van der Waals surface area contributed by atoms with E-state index in [-0.39, 0.29) is 11.6 Å². The number of nitrogens with one attached hydrogen (secondary N) is 1. The van der Waals surface area contributed by atoms with Crippen LogP contribution in [0.1, 0.15) is 37.3 Å². The van der Waals surface area contributed by atoms with Crippen LogP contribution in [0.15, 0.2) is 47.1 Å². The van der Waals surface area contributed by atoms with Gasteiger partial charge in [0, 0.05) is 5.56 Å². The van der Waals surface area contributed by atoms with Gasteiger partial charge < -0.3 is 10.1 Å². The van der Waals surface area contributed by atoms with E-state index in [9.17, 15) is 9.18 Å². The van der Waals surface area contributed by atoms with Crippen molar-refractivity contribution < 1.29 is 18.6 Å². The Bertz CT molecular complexity index is 1020. The lowest BCUT2D eigenvalue weighted by Crippen LogP contribution is -2.32. The first-order chi connectivity index (χ1) is 14.2. The number of benzene rings is 2. The van der Waals surface area contributed by atoms with Crippen molar-refractivity contribution in [3.8, 4) is 17.0 Å². The molecule has 1 atom stereocenters. The number of rotatable bonds is 6. The standard InChI is InChI=1S/C22H22FN3O3/c1-2-18(28-19-10-6-5-9-17(19)23)22(27)24-21-20(25-29-26-21)16-12-11-14-7-3-4-8-15(14)13-16/h5-6,9-13,18H,2-4,7-8H2,1H3,(H,24,26,27)/t18-/m1/s1. The van der Waals surface area contributed by atoms with Gasteiger partial charge in [0.1, 0.15) is 0 Å². The van der Waals surface area contributed by atoms with E-state index in [1.54, 1.807) is 19.1 Å². The maximum atomic E-state index is 13.9. The van der Waals surface area contributed by atoms with Crippen molar-refractivity contribution in [1.29, 1.82) is 0 Å². The molecule has 1 amide bonds. The number of hydrogen-bond acceptors (Lipinski definition) is 5. The number of ether oxygens (including phenoxy) is 1. The van der Waals surface area contributed by atoms with E-state index >= 15 is 0 Å². The Morgan fingerprint density at radius 2 is 1.97 bits per heavy atom.